The van der Waals surface area contributed by atoms with Gasteiger partial charge in [-0.25, -0.2) is 0 Å². The minimum absolute atomic E-state index is 0.105. The Morgan fingerprint density at radius 1 is 1.20 bits per heavy atom. The largest absolute Gasteiger partial charge is 0.325 e. The van der Waals surface area contributed by atoms with Crippen molar-refractivity contribution in [2.45, 2.75) is 76.2 Å². The van der Waals surface area contributed by atoms with Crippen LogP contribution in [0.2, 0.25) is 0 Å². The third-order valence-electron chi connectivity index (χ3n) is 5.71. The Balaban J connectivity index is 1.75. The number of fused-ring (bicyclic) bond motifs is 1. The van der Waals surface area contributed by atoms with E-state index in [2.05, 4.69) is 31.2 Å². The van der Waals surface area contributed by atoms with E-state index >= 15 is 0 Å². The molecule has 2 N–H and O–H groups in total. The molecule has 0 heterocycles. The van der Waals surface area contributed by atoms with Crippen LogP contribution >= 0.6 is 0 Å². The summed E-state index contributed by atoms with van der Waals surface area (Å²) < 4.78 is 0. The van der Waals surface area contributed by atoms with Crippen molar-refractivity contribution in [3.8, 4) is 0 Å². The Hall–Kier alpha value is -0.820. The van der Waals surface area contributed by atoms with Gasteiger partial charge in [-0.05, 0) is 61.5 Å². The molecule has 3 unspecified atom stereocenters. The van der Waals surface area contributed by atoms with Crippen molar-refractivity contribution < 1.29 is 0 Å². The topological polar surface area (TPSA) is 26.0 Å². The number of nitrogens with two attached hydrogens (primary N) is 1. The lowest BCUT2D eigenvalue weighted by atomic mass is 9.68. The van der Waals surface area contributed by atoms with Gasteiger partial charge in [0.25, 0.3) is 0 Å². The van der Waals surface area contributed by atoms with Gasteiger partial charge in [-0.3, -0.25) is 0 Å². The van der Waals surface area contributed by atoms with Crippen LogP contribution in [0.25, 0.3) is 0 Å². The van der Waals surface area contributed by atoms with Crippen molar-refractivity contribution >= 4 is 0 Å². The molecular weight excluding hydrogens is 242 g/mol. The Bertz CT molecular complexity index is 453. The molecule has 0 spiro atoms. The molecule has 1 saturated carbocycles. The Kier molecular flexibility index (Phi) is 4.16. The van der Waals surface area contributed by atoms with E-state index in [1.54, 1.807) is 11.1 Å². The second-order valence-corrected chi connectivity index (χ2v) is 7.23. The molecule has 110 valence electrons. The lowest BCUT2D eigenvalue weighted by Crippen LogP contribution is -2.45. The highest BCUT2D eigenvalue weighted by atomic mass is 14.8. The third kappa shape index (κ3) is 2.93. The molecule has 0 aliphatic heterocycles. The van der Waals surface area contributed by atoms with E-state index in [4.69, 9.17) is 5.73 Å². The van der Waals surface area contributed by atoms with E-state index in [-0.39, 0.29) is 5.54 Å². The molecule has 0 aromatic heterocycles. The molecule has 20 heavy (non-hydrogen) atoms. The van der Waals surface area contributed by atoms with Gasteiger partial charge in [0.1, 0.15) is 0 Å². The van der Waals surface area contributed by atoms with Crippen LogP contribution in [-0.4, -0.2) is 5.54 Å². The summed E-state index contributed by atoms with van der Waals surface area (Å²) in [6.45, 7) is 2.33. The molecule has 1 aromatic rings. The first kappa shape index (κ1) is 14.1. The number of aryl methyl sites for hydroxylation is 1. The summed E-state index contributed by atoms with van der Waals surface area (Å²) in [5.41, 5.74) is 10.1. The normalized spacial score (nSPS) is 33.7. The maximum absolute atomic E-state index is 6.81. The zero-order valence-electron chi connectivity index (χ0n) is 12.9. The van der Waals surface area contributed by atoms with Gasteiger partial charge in [-0.2, -0.15) is 0 Å². The number of hydrogen-bond acceptors (Lipinski definition) is 1. The third-order valence-corrected chi connectivity index (χ3v) is 5.71. The van der Waals surface area contributed by atoms with Crippen LogP contribution in [-0.2, 0) is 6.42 Å². The van der Waals surface area contributed by atoms with Crippen LogP contribution in [0.3, 0.4) is 0 Å². The summed E-state index contributed by atoms with van der Waals surface area (Å²) in [6, 6.07) is 9.06. The summed E-state index contributed by atoms with van der Waals surface area (Å²) >= 11 is 0. The zero-order chi connectivity index (χ0) is 14.0. The lowest BCUT2D eigenvalue weighted by Gasteiger charge is -2.41. The zero-order valence-corrected chi connectivity index (χ0v) is 12.9. The molecule has 1 aromatic carbocycles. The van der Waals surface area contributed by atoms with E-state index < -0.39 is 0 Å². The SMILES string of the molecule is CCC1CCCC(N)(CC2CCCc3ccccc32)C1. The predicted octanol–water partition coefficient (Wildman–Crippen LogP) is 4.79. The standard InChI is InChI=1S/C19H29N/c1-2-15-7-6-12-19(20,13-15)14-17-10-5-9-16-8-3-4-11-18(16)17/h3-4,8,11,15,17H,2,5-7,9-10,12-14,20H2,1H3. The molecule has 0 bridgehead atoms. The van der Waals surface area contributed by atoms with E-state index in [0.717, 1.165) is 5.92 Å². The quantitative estimate of drug-likeness (QED) is 0.840. The van der Waals surface area contributed by atoms with Crippen molar-refractivity contribution in [3.05, 3.63) is 35.4 Å². The van der Waals surface area contributed by atoms with Gasteiger partial charge in [0, 0.05) is 5.54 Å². The fourth-order valence-electron chi connectivity index (χ4n) is 4.61. The van der Waals surface area contributed by atoms with Gasteiger partial charge in [0.2, 0.25) is 0 Å². The minimum atomic E-state index is 0.105. The second kappa shape index (κ2) is 5.89. The summed E-state index contributed by atoms with van der Waals surface area (Å²) in [5, 5.41) is 0. The second-order valence-electron chi connectivity index (χ2n) is 7.23. The molecule has 2 aliphatic rings. The van der Waals surface area contributed by atoms with Crippen molar-refractivity contribution in [2.24, 2.45) is 11.7 Å². The average Bonchev–Trinajstić information content (AvgIpc) is 2.47. The van der Waals surface area contributed by atoms with Crippen LogP contribution in [0.4, 0.5) is 0 Å². The summed E-state index contributed by atoms with van der Waals surface area (Å²) in [4.78, 5) is 0. The first-order valence-electron chi connectivity index (χ1n) is 8.57. The maximum atomic E-state index is 6.81. The molecule has 3 atom stereocenters. The Morgan fingerprint density at radius 2 is 2.05 bits per heavy atom. The van der Waals surface area contributed by atoms with Gasteiger partial charge >= 0.3 is 0 Å². The van der Waals surface area contributed by atoms with Crippen LogP contribution in [0.5, 0.6) is 0 Å². The van der Waals surface area contributed by atoms with Gasteiger partial charge in [0.15, 0.2) is 0 Å². The molecule has 1 nitrogen and oxygen atoms in total. The molecule has 1 heteroatoms. The lowest BCUT2D eigenvalue weighted by molar-refractivity contribution is 0.193. The fourth-order valence-corrected chi connectivity index (χ4v) is 4.61. The van der Waals surface area contributed by atoms with Crippen LogP contribution in [0, 0.1) is 5.92 Å². The molecule has 3 rings (SSSR count). The number of rotatable bonds is 3. The first-order chi connectivity index (χ1) is 9.70. The van der Waals surface area contributed by atoms with Crippen LogP contribution in [0.1, 0.15) is 75.3 Å². The smallest absolute Gasteiger partial charge is 0.0162 e. The van der Waals surface area contributed by atoms with Gasteiger partial charge < -0.3 is 5.73 Å². The van der Waals surface area contributed by atoms with E-state index in [0.29, 0.717) is 5.92 Å². The highest BCUT2D eigenvalue weighted by Crippen LogP contribution is 2.42. The molecule has 2 aliphatic carbocycles. The molecule has 0 radical (unpaired) electrons. The summed E-state index contributed by atoms with van der Waals surface area (Å²) in [6.07, 6.45) is 11.7. The van der Waals surface area contributed by atoms with E-state index in [1.165, 1.54) is 57.8 Å². The van der Waals surface area contributed by atoms with Gasteiger partial charge in [-0.15, -0.1) is 0 Å². The molecule has 1 fully saturated rings. The number of hydrogen-bond donors (Lipinski definition) is 1. The van der Waals surface area contributed by atoms with Crippen molar-refractivity contribution in [1.29, 1.82) is 0 Å². The van der Waals surface area contributed by atoms with Crippen molar-refractivity contribution in [3.63, 3.8) is 0 Å². The highest BCUT2D eigenvalue weighted by molar-refractivity contribution is 5.33. The van der Waals surface area contributed by atoms with Gasteiger partial charge in [0.05, 0.1) is 0 Å². The predicted molar refractivity (Wildman–Crippen MR) is 85.9 cm³/mol. The van der Waals surface area contributed by atoms with Crippen LogP contribution < -0.4 is 5.73 Å². The molecule has 0 amide bonds. The van der Waals surface area contributed by atoms with Crippen molar-refractivity contribution in [2.75, 3.05) is 0 Å². The average molecular weight is 271 g/mol. The monoisotopic (exact) mass is 271 g/mol. The molecular formula is C19H29N. The van der Waals surface area contributed by atoms with Crippen LogP contribution in [0.15, 0.2) is 24.3 Å². The Morgan fingerprint density at radius 3 is 2.90 bits per heavy atom. The highest BCUT2D eigenvalue weighted by Gasteiger charge is 2.35. The van der Waals surface area contributed by atoms with E-state index in [9.17, 15) is 0 Å². The fraction of sp³-hybridized carbons (Fsp3) is 0.684. The van der Waals surface area contributed by atoms with Gasteiger partial charge in [-0.1, -0.05) is 50.5 Å². The first-order valence-corrected chi connectivity index (χ1v) is 8.57. The summed E-state index contributed by atoms with van der Waals surface area (Å²) in [7, 11) is 0. The summed E-state index contributed by atoms with van der Waals surface area (Å²) in [5.74, 6) is 1.58. The molecule has 0 saturated heterocycles. The Labute approximate surface area is 124 Å². The number of benzene rings is 1. The van der Waals surface area contributed by atoms with E-state index in [1.807, 2.05) is 0 Å². The maximum Gasteiger partial charge on any atom is 0.0162 e. The van der Waals surface area contributed by atoms with Crippen molar-refractivity contribution in [1.82, 2.24) is 0 Å². The minimum Gasteiger partial charge on any atom is -0.325 e.